The molecule has 0 saturated heterocycles. The van der Waals surface area contributed by atoms with Crippen molar-refractivity contribution >= 4 is 64.2 Å². The molecular weight excluding hydrogens is 603 g/mol. The van der Waals surface area contributed by atoms with Crippen LogP contribution in [0.15, 0.2) is 164 Å². The van der Waals surface area contributed by atoms with Crippen molar-refractivity contribution in [3.05, 3.63) is 164 Å². The van der Waals surface area contributed by atoms with E-state index in [1.54, 1.807) is 12.1 Å². The molecule has 0 N–H and O–H groups in total. The van der Waals surface area contributed by atoms with Crippen LogP contribution in [0.1, 0.15) is 6.85 Å². The number of hydrogen-bond acceptors (Lipinski definition) is 3. The van der Waals surface area contributed by atoms with Crippen molar-refractivity contribution in [1.82, 2.24) is 14.5 Å². The van der Waals surface area contributed by atoms with Crippen LogP contribution in [-0.2, 0) is 0 Å². The molecule has 0 spiro atoms. The van der Waals surface area contributed by atoms with Crippen molar-refractivity contribution < 1.29 is 6.85 Å². The molecule has 7 aromatic carbocycles. The van der Waals surface area contributed by atoms with E-state index in [9.17, 15) is 0 Å². The largest absolute Gasteiger partial charge is 0.278 e. The molecule has 0 fully saturated rings. The maximum Gasteiger partial charge on any atom is 0.235 e. The van der Waals surface area contributed by atoms with Crippen LogP contribution in [0.3, 0.4) is 0 Å². The minimum Gasteiger partial charge on any atom is -0.278 e. The predicted molar refractivity (Wildman–Crippen MR) is 203 cm³/mol. The fourth-order valence-corrected chi connectivity index (χ4v) is 7.93. The Hall–Kier alpha value is -6.10. The second kappa shape index (κ2) is 10.7. The predicted octanol–water partition coefficient (Wildman–Crippen LogP) is 12.1. The van der Waals surface area contributed by atoms with Gasteiger partial charge in [0.15, 0.2) is 0 Å². The van der Waals surface area contributed by atoms with Crippen LogP contribution in [0, 0.1) is 0 Å². The van der Waals surface area contributed by atoms with Crippen LogP contribution in [-0.4, -0.2) is 14.5 Å². The van der Waals surface area contributed by atoms with Gasteiger partial charge in [-0.1, -0.05) is 121 Å². The summed E-state index contributed by atoms with van der Waals surface area (Å²) in [4.78, 5) is 10.3. The summed E-state index contributed by atoms with van der Waals surface area (Å²) in [6.45, 7) is 0. The fourth-order valence-electron chi connectivity index (χ4n) is 6.85. The number of hydrogen-bond donors (Lipinski definition) is 0. The molecular formula is C44H27N3S. The van der Waals surface area contributed by atoms with Crippen LogP contribution in [0.5, 0.6) is 0 Å². The maximum atomic E-state index is 8.46. The van der Waals surface area contributed by atoms with E-state index in [1.165, 1.54) is 20.2 Å². The lowest BCUT2D eigenvalue weighted by Crippen LogP contribution is -2.03. The number of rotatable bonds is 4. The van der Waals surface area contributed by atoms with E-state index < -0.39 is 6.04 Å². The van der Waals surface area contributed by atoms with Crippen LogP contribution in [0.2, 0.25) is 0 Å². The Morgan fingerprint density at radius 2 is 1.08 bits per heavy atom. The zero-order valence-electron chi connectivity index (χ0n) is 30.5. The first kappa shape index (κ1) is 22.4. The average molecular weight is 635 g/mol. The lowest BCUT2D eigenvalue weighted by molar-refractivity contribution is 1.01. The number of nitrogens with zero attached hydrogens (tertiary/aromatic N) is 3. The van der Waals surface area contributed by atoms with E-state index in [-0.39, 0.29) is 29.7 Å². The van der Waals surface area contributed by atoms with E-state index in [0.29, 0.717) is 11.5 Å². The molecule has 0 aliphatic rings. The number of thiophene rings is 1. The Morgan fingerprint density at radius 3 is 1.94 bits per heavy atom. The molecule has 0 bridgehead atoms. The van der Waals surface area contributed by atoms with Crippen molar-refractivity contribution in [2.75, 3.05) is 0 Å². The molecule has 10 rings (SSSR count). The summed E-state index contributed by atoms with van der Waals surface area (Å²) in [5.41, 5.74) is 7.34. The third-order valence-corrected chi connectivity index (χ3v) is 10.3. The molecule has 0 unspecified atom stereocenters. The molecule has 48 heavy (non-hydrogen) atoms. The summed E-state index contributed by atoms with van der Waals surface area (Å²) in [5, 5.41) is 5.64. The highest BCUT2D eigenvalue weighted by atomic mass is 32.1. The topological polar surface area (TPSA) is 30.7 Å². The van der Waals surface area contributed by atoms with Crippen molar-refractivity contribution in [3.63, 3.8) is 0 Å². The Labute approximate surface area is 288 Å². The summed E-state index contributed by atoms with van der Waals surface area (Å²) in [7, 11) is 0. The smallest absolute Gasteiger partial charge is 0.235 e. The Kier molecular flexibility index (Phi) is 5.01. The lowest BCUT2D eigenvalue weighted by atomic mass is 10.0. The zero-order valence-corrected chi connectivity index (χ0v) is 26.3. The van der Waals surface area contributed by atoms with E-state index >= 15 is 0 Å². The highest BCUT2D eigenvalue weighted by Gasteiger charge is 2.18. The fraction of sp³-hybridized carbons (Fsp3) is 0. The highest BCUT2D eigenvalue weighted by molar-refractivity contribution is 7.25. The Balaban J connectivity index is 1.13. The molecule has 0 saturated carbocycles. The third-order valence-electron chi connectivity index (χ3n) is 9.12. The van der Waals surface area contributed by atoms with Crippen LogP contribution < -0.4 is 0 Å². The van der Waals surface area contributed by atoms with Crippen LogP contribution >= 0.6 is 11.3 Å². The molecule has 10 aromatic rings. The summed E-state index contributed by atoms with van der Waals surface area (Å²) < 4.78 is 45.9. The second-order valence-electron chi connectivity index (χ2n) is 11.9. The van der Waals surface area contributed by atoms with Gasteiger partial charge in [0.05, 0.1) is 29.1 Å². The lowest BCUT2D eigenvalue weighted by Gasteiger charge is -2.12. The molecule has 0 radical (unpaired) electrons. The van der Waals surface area contributed by atoms with Gasteiger partial charge in [-0.25, -0.2) is 9.97 Å². The van der Waals surface area contributed by atoms with Gasteiger partial charge in [-0.15, -0.1) is 11.3 Å². The molecule has 0 aliphatic carbocycles. The summed E-state index contributed by atoms with van der Waals surface area (Å²) in [5.74, 6) is 0.540. The standard InChI is InChI=1S/C44H27N3S/c1-2-10-28(11-3-1)29-18-20-30(21-19-29)43-35-14-4-7-15-38(35)45-44(46-43)47-39-16-8-5-12-33(39)36-26-31(22-24-40(36)47)32-23-25-42-37(27-32)34-13-6-9-17-41(34)48-42/h1-27H/i1D,2D,3D,10D,11D. The Morgan fingerprint density at radius 1 is 0.458 bits per heavy atom. The van der Waals surface area contributed by atoms with Gasteiger partial charge in [0.25, 0.3) is 0 Å². The number of aromatic nitrogens is 3. The van der Waals surface area contributed by atoms with Gasteiger partial charge in [-0.05, 0) is 64.7 Å². The normalized spacial score (nSPS) is 13.2. The molecule has 3 nitrogen and oxygen atoms in total. The summed E-state index contributed by atoms with van der Waals surface area (Å²) in [6.07, 6.45) is 0. The maximum absolute atomic E-state index is 8.46. The molecule has 224 valence electrons. The summed E-state index contributed by atoms with van der Waals surface area (Å²) >= 11 is 1.82. The molecule has 0 amide bonds. The van der Waals surface area contributed by atoms with E-state index in [0.717, 1.165) is 55.1 Å². The molecule has 3 aromatic heterocycles. The minimum atomic E-state index is -0.407. The van der Waals surface area contributed by atoms with E-state index in [2.05, 4.69) is 83.4 Å². The minimum absolute atomic E-state index is 0.170. The molecule has 0 aliphatic heterocycles. The highest BCUT2D eigenvalue weighted by Crippen LogP contribution is 2.39. The SMILES string of the molecule is [2H]c1c([2H])c([2H])c(-c2ccc(-c3nc(-n4c5ccccc5c5cc(-c6ccc7sc8ccccc8c7c6)ccc54)nc4ccccc34)cc2)c([2H])c1[2H]. The Bertz CT molecular complexity index is 3100. The number of para-hydroxylation sites is 2. The van der Waals surface area contributed by atoms with Crippen molar-refractivity contribution in [2.24, 2.45) is 0 Å². The van der Waals surface area contributed by atoms with Gasteiger partial charge in [0.2, 0.25) is 5.95 Å². The van der Waals surface area contributed by atoms with Gasteiger partial charge < -0.3 is 0 Å². The van der Waals surface area contributed by atoms with Gasteiger partial charge >= 0.3 is 0 Å². The van der Waals surface area contributed by atoms with Gasteiger partial charge in [-0.2, -0.15) is 0 Å². The first-order valence-corrected chi connectivity index (χ1v) is 16.6. The third kappa shape index (κ3) is 4.27. The first-order chi connectivity index (χ1) is 25.9. The summed E-state index contributed by atoms with van der Waals surface area (Å²) in [6, 6.07) is 44.0. The van der Waals surface area contributed by atoms with Crippen LogP contribution in [0.4, 0.5) is 0 Å². The second-order valence-corrected chi connectivity index (χ2v) is 12.9. The molecule has 4 heteroatoms. The van der Waals surface area contributed by atoms with Crippen molar-refractivity contribution in [1.29, 1.82) is 0 Å². The van der Waals surface area contributed by atoms with Crippen molar-refractivity contribution in [2.45, 2.75) is 0 Å². The molecule has 3 heterocycles. The molecule has 0 atom stereocenters. The van der Waals surface area contributed by atoms with E-state index in [1.807, 2.05) is 53.8 Å². The van der Waals surface area contributed by atoms with Crippen molar-refractivity contribution in [3.8, 4) is 39.5 Å². The van der Waals surface area contributed by atoms with Gasteiger partial charge in [0, 0.05) is 41.9 Å². The van der Waals surface area contributed by atoms with Crippen LogP contribution in [0.25, 0.3) is 92.3 Å². The number of fused-ring (bicyclic) bond motifs is 7. The average Bonchev–Trinajstić information content (AvgIpc) is 3.74. The number of benzene rings is 7. The monoisotopic (exact) mass is 634 g/mol. The zero-order chi connectivity index (χ0) is 36.0. The first-order valence-electron chi connectivity index (χ1n) is 18.3. The quantitative estimate of drug-likeness (QED) is 0.193. The van der Waals surface area contributed by atoms with Gasteiger partial charge in [0.1, 0.15) is 0 Å². The van der Waals surface area contributed by atoms with E-state index in [4.69, 9.17) is 16.8 Å². The van der Waals surface area contributed by atoms with Gasteiger partial charge in [-0.3, -0.25) is 4.57 Å².